The predicted octanol–water partition coefficient (Wildman–Crippen LogP) is 3.26. The van der Waals surface area contributed by atoms with E-state index >= 15 is 0 Å². The van der Waals surface area contributed by atoms with Gasteiger partial charge in [-0.2, -0.15) is 0 Å². The summed E-state index contributed by atoms with van der Waals surface area (Å²) in [6, 6.07) is 2.55. The van der Waals surface area contributed by atoms with Gasteiger partial charge in [-0.05, 0) is 54.4 Å². The molecule has 1 N–H and O–H groups in total. The van der Waals surface area contributed by atoms with Crippen molar-refractivity contribution in [3.05, 3.63) is 20.3 Å². The maximum atomic E-state index is 5.75. The van der Waals surface area contributed by atoms with Gasteiger partial charge in [-0.25, -0.2) is 0 Å². The molecule has 2 unspecified atom stereocenters. The number of hydrogen-bond acceptors (Lipinski definition) is 3. The highest BCUT2D eigenvalue weighted by atomic mass is 79.9. The Bertz CT molecular complexity index is 333. The second-order valence-electron chi connectivity index (χ2n) is 3.88. The first-order chi connectivity index (χ1) is 7.22. The van der Waals surface area contributed by atoms with Crippen LogP contribution in [0.5, 0.6) is 0 Å². The summed E-state index contributed by atoms with van der Waals surface area (Å²) >= 11 is 5.33. The van der Waals surface area contributed by atoms with E-state index in [0.717, 1.165) is 6.61 Å². The highest BCUT2D eigenvalue weighted by molar-refractivity contribution is 9.11. The molecule has 2 rings (SSSR count). The lowest BCUT2D eigenvalue weighted by Crippen LogP contribution is -2.29. The number of likely N-dealkylation sites (N-methyl/N-ethyl adjacent to an activating group) is 1. The van der Waals surface area contributed by atoms with E-state index in [1.807, 2.05) is 7.05 Å². The zero-order valence-electron chi connectivity index (χ0n) is 9.05. The summed E-state index contributed by atoms with van der Waals surface area (Å²) in [5.41, 5.74) is 1.38. The minimum atomic E-state index is 0.343. The van der Waals surface area contributed by atoms with Gasteiger partial charge in [-0.1, -0.05) is 0 Å². The lowest BCUT2D eigenvalue weighted by Gasteiger charge is -2.22. The highest BCUT2D eigenvalue weighted by Crippen LogP contribution is 2.34. The maximum absolute atomic E-state index is 5.75. The Labute approximate surface area is 103 Å². The van der Waals surface area contributed by atoms with E-state index in [2.05, 4.69) is 34.2 Å². The summed E-state index contributed by atoms with van der Waals surface area (Å²) in [6.07, 6.45) is 2.70. The molecule has 2 nitrogen and oxygen atoms in total. The van der Waals surface area contributed by atoms with Crippen LogP contribution < -0.4 is 5.32 Å². The van der Waals surface area contributed by atoms with Gasteiger partial charge in [0.1, 0.15) is 0 Å². The van der Waals surface area contributed by atoms with Crippen molar-refractivity contribution in [2.45, 2.75) is 31.9 Å². The molecule has 0 spiro atoms. The molecular weight excluding hydrogens is 274 g/mol. The molecule has 1 saturated heterocycles. The van der Waals surface area contributed by atoms with Crippen LogP contribution in [0.2, 0.25) is 0 Å². The van der Waals surface area contributed by atoms with E-state index in [1.54, 1.807) is 11.3 Å². The van der Waals surface area contributed by atoms with Crippen LogP contribution in [0, 0.1) is 6.92 Å². The zero-order valence-corrected chi connectivity index (χ0v) is 11.5. The van der Waals surface area contributed by atoms with Crippen LogP contribution in [0.1, 0.15) is 29.3 Å². The molecule has 4 heteroatoms. The lowest BCUT2D eigenvalue weighted by atomic mass is 10.0. The van der Waals surface area contributed by atoms with Gasteiger partial charge in [-0.15, -0.1) is 11.3 Å². The Kier molecular flexibility index (Phi) is 3.83. The van der Waals surface area contributed by atoms with Crippen molar-refractivity contribution in [2.75, 3.05) is 13.7 Å². The van der Waals surface area contributed by atoms with Gasteiger partial charge in [0.05, 0.1) is 15.9 Å². The monoisotopic (exact) mass is 289 g/mol. The quantitative estimate of drug-likeness (QED) is 0.922. The van der Waals surface area contributed by atoms with E-state index in [9.17, 15) is 0 Å². The van der Waals surface area contributed by atoms with Crippen molar-refractivity contribution >= 4 is 27.3 Å². The summed E-state index contributed by atoms with van der Waals surface area (Å²) in [4.78, 5) is 1.37. The van der Waals surface area contributed by atoms with E-state index in [4.69, 9.17) is 4.74 Å². The molecule has 0 saturated carbocycles. The molecule has 1 aliphatic rings. The van der Waals surface area contributed by atoms with Crippen molar-refractivity contribution in [3.63, 3.8) is 0 Å². The van der Waals surface area contributed by atoms with Crippen LogP contribution in [0.4, 0.5) is 0 Å². The van der Waals surface area contributed by atoms with Crippen LogP contribution in [-0.4, -0.2) is 19.8 Å². The average molecular weight is 290 g/mol. The Morgan fingerprint density at radius 1 is 1.67 bits per heavy atom. The van der Waals surface area contributed by atoms with Crippen molar-refractivity contribution in [1.29, 1.82) is 0 Å². The van der Waals surface area contributed by atoms with Gasteiger partial charge in [-0.3, -0.25) is 0 Å². The first-order valence-electron chi connectivity index (χ1n) is 5.27. The second-order valence-corrected chi connectivity index (χ2v) is 6.52. The molecule has 2 heterocycles. The third kappa shape index (κ3) is 2.44. The highest BCUT2D eigenvalue weighted by Gasteiger charge is 2.27. The van der Waals surface area contributed by atoms with E-state index in [0.29, 0.717) is 12.1 Å². The van der Waals surface area contributed by atoms with Gasteiger partial charge >= 0.3 is 0 Å². The molecule has 0 aliphatic carbocycles. The normalized spacial score (nSPS) is 23.3. The minimum absolute atomic E-state index is 0.343. The molecule has 1 aromatic heterocycles. The summed E-state index contributed by atoms with van der Waals surface area (Å²) in [5.74, 6) is 0. The second kappa shape index (κ2) is 4.95. The fourth-order valence-corrected chi connectivity index (χ4v) is 3.93. The van der Waals surface area contributed by atoms with E-state index in [1.165, 1.54) is 27.1 Å². The number of thiophene rings is 1. The minimum Gasteiger partial charge on any atom is -0.376 e. The number of ether oxygens (including phenoxy) is 1. The number of hydrogen-bond donors (Lipinski definition) is 1. The van der Waals surface area contributed by atoms with Crippen molar-refractivity contribution < 1.29 is 4.74 Å². The first-order valence-corrected chi connectivity index (χ1v) is 6.88. The van der Waals surface area contributed by atoms with E-state index in [-0.39, 0.29) is 0 Å². The van der Waals surface area contributed by atoms with Crippen LogP contribution in [0.15, 0.2) is 9.85 Å². The summed E-state index contributed by atoms with van der Waals surface area (Å²) < 4.78 is 6.95. The van der Waals surface area contributed by atoms with Gasteiger partial charge in [0.25, 0.3) is 0 Å². The summed E-state index contributed by atoms with van der Waals surface area (Å²) in [5, 5.41) is 3.38. The Morgan fingerprint density at radius 3 is 2.93 bits per heavy atom. The van der Waals surface area contributed by atoms with Crippen LogP contribution >= 0.6 is 27.3 Å². The molecule has 1 fully saturated rings. The largest absolute Gasteiger partial charge is 0.376 e. The molecule has 1 aliphatic heterocycles. The SMILES string of the molecule is CNC(c1cc(Br)sc1C)C1CCCO1. The molecule has 0 bridgehead atoms. The summed E-state index contributed by atoms with van der Waals surface area (Å²) in [7, 11) is 2.01. The van der Waals surface area contributed by atoms with Crippen molar-refractivity contribution in [1.82, 2.24) is 5.32 Å². The van der Waals surface area contributed by atoms with Crippen LogP contribution in [0.25, 0.3) is 0 Å². The first kappa shape index (κ1) is 11.6. The fraction of sp³-hybridized carbons (Fsp3) is 0.636. The van der Waals surface area contributed by atoms with Gasteiger partial charge in [0.2, 0.25) is 0 Å². The molecular formula is C11H16BrNOS. The smallest absolute Gasteiger partial charge is 0.0770 e. The summed E-state index contributed by atoms with van der Waals surface area (Å²) in [6.45, 7) is 3.08. The van der Waals surface area contributed by atoms with Gasteiger partial charge in [0, 0.05) is 11.5 Å². The fourth-order valence-electron chi connectivity index (χ4n) is 2.17. The molecule has 0 aromatic carbocycles. The average Bonchev–Trinajstić information content (AvgIpc) is 2.79. The van der Waals surface area contributed by atoms with Crippen molar-refractivity contribution in [3.8, 4) is 0 Å². The maximum Gasteiger partial charge on any atom is 0.0770 e. The lowest BCUT2D eigenvalue weighted by molar-refractivity contribution is 0.0807. The molecule has 15 heavy (non-hydrogen) atoms. The third-order valence-electron chi connectivity index (χ3n) is 2.91. The Morgan fingerprint density at radius 2 is 2.47 bits per heavy atom. The molecule has 84 valence electrons. The topological polar surface area (TPSA) is 21.3 Å². The van der Waals surface area contributed by atoms with Crippen LogP contribution in [-0.2, 0) is 4.74 Å². The van der Waals surface area contributed by atoms with Gasteiger partial charge < -0.3 is 10.1 Å². The molecule has 0 radical (unpaired) electrons. The number of halogens is 1. The van der Waals surface area contributed by atoms with Crippen molar-refractivity contribution in [2.24, 2.45) is 0 Å². The predicted molar refractivity (Wildman–Crippen MR) is 67.5 cm³/mol. The molecule has 1 aromatic rings. The Hall–Kier alpha value is 0.1000. The van der Waals surface area contributed by atoms with Gasteiger partial charge in [0.15, 0.2) is 0 Å². The van der Waals surface area contributed by atoms with Crippen LogP contribution in [0.3, 0.4) is 0 Å². The molecule has 2 atom stereocenters. The number of rotatable bonds is 3. The third-order valence-corrected chi connectivity index (χ3v) is 4.48. The standard InChI is InChI=1S/C11H16BrNOS/c1-7-8(6-10(12)15-7)11(13-2)9-4-3-5-14-9/h6,9,11,13H,3-5H2,1-2H3. The number of nitrogens with one attached hydrogen (secondary N) is 1. The molecule has 0 amide bonds. The number of aryl methyl sites for hydroxylation is 1. The van der Waals surface area contributed by atoms with E-state index < -0.39 is 0 Å². The zero-order chi connectivity index (χ0) is 10.8. The Balaban J connectivity index is 2.21.